The van der Waals surface area contributed by atoms with E-state index in [0.29, 0.717) is 23.2 Å². The van der Waals surface area contributed by atoms with E-state index >= 15 is 0 Å². The van der Waals surface area contributed by atoms with Crippen molar-refractivity contribution < 1.29 is 9.53 Å². The first-order valence-corrected chi connectivity index (χ1v) is 8.87. The molecule has 0 aromatic heterocycles. The molecule has 0 heterocycles. The Labute approximate surface area is 114 Å². The number of aliphatic hydroxyl groups is 1. The van der Waals surface area contributed by atoms with Crippen molar-refractivity contribution in [3.63, 3.8) is 0 Å². The van der Waals surface area contributed by atoms with Crippen molar-refractivity contribution in [2.45, 2.75) is 64.3 Å². The first-order chi connectivity index (χ1) is 8.28. The van der Waals surface area contributed by atoms with Crippen molar-refractivity contribution in [2.24, 2.45) is 0 Å². The van der Waals surface area contributed by atoms with Crippen molar-refractivity contribution in [1.29, 1.82) is 0 Å². The number of hydrogen-bond acceptors (Lipinski definition) is 2. The fraction of sp³-hybridized carbons (Fsp3) is 0.733. The van der Waals surface area contributed by atoms with Gasteiger partial charge in [0.05, 0.1) is 6.61 Å². The van der Waals surface area contributed by atoms with Gasteiger partial charge >= 0.3 is 0 Å². The number of aliphatic hydroxyl groups excluding tert-OH is 1. The van der Waals surface area contributed by atoms with E-state index in [4.69, 9.17) is 10.8 Å². The second-order valence-corrected chi connectivity index (χ2v) is 11.1. The molecule has 0 aromatic rings. The molecule has 0 fully saturated rings. The molecule has 0 aromatic carbocycles. The van der Waals surface area contributed by atoms with Crippen LogP contribution >= 0.6 is 0 Å². The second-order valence-electron chi connectivity index (χ2n) is 5.67. The Balaban J connectivity index is 4.73. The lowest BCUT2D eigenvalue weighted by atomic mass is 10.3. The Morgan fingerprint density at radius 2 is 1.56 bits per heavy atom. The van der Waals surface area contributed by atoms with E-state index in [-0.39, 0.29) is 0 Å². The van der Waals surface area contributed by atoms with E-state index in [2.05, 4.69) is 47.5 Å². The highest BCUT2D eigenvalue weighted by atomic mass is 28.4. The van der Waals surface area contributed by atoms with Crippen LogP contribution in [0, 0.1) is 12.3 Å². The highest BCUT2D eigenvalue weighted by molar-refractivity contribution is 6.77. The maximum absolute atomic E-state index is 9.25. The molecule has 0 radical (unpaired) electrons. The van der Waals surface area contributed by atoms with Gasteiger partial charge in [-0.2, -0.15) is 0 Å². The van der Waals surface area contributed by atoms with Crippen LogP contribution in [0.3, 0.4) is 0 Å². The summed E-state index contributed by atoms with van der Waals surface area (Å²) in [4.78, 5) is 0. The monoisotopic (exact) mass is 268 g/mol. The Morgan fingerprint density at radius 1 is 1.11 bits per heavy atom. The summed E-state index contributed by atoms with van der Waals surface area (Å²) in [5, 5.41) is 9.25. The fourth-order valence-corrected chi connectivity index (χ4v) is 8.32. The van der Waals surface area contributed by atoms with Gasteiger partial charge in [0.1, 0.15) is 6.10 Å². The van der Waals surface area contributed by atoms with Crippen LogP contribution in [-0.2, 0) is 4.43 Å². The Hall–Kier alpha value is -0.563. The van der Waals surface area contributed by atoms with Crippen molar-refractivity contribution in [1.82, 2.24) is 0 Å². The standard InChI is InChI=1S/C15H28O2Si/c1-8-15(16)10-9-11-17-18(12(2)3,13(4)5)14(6)7/h1,9-10,12-16H,11H2,2-7H3/t15-/m0/s1. The molecule has 1 atom stereocenters. The smallest absolute Gasteiger partial charge is 0.200 e. The van der Waals surface area contributed by atoms with Gasteiger partial charge in [-0.1, -0.05) is 53.5 Å². The summed E-state index contributed by atoms with van der Waals surface area (Å²) in [5.74, 6) is 2.26. The molecule has 2 nitrogen and oxygen atoms in total. The molecule has 0 aliphatic carbocycles. The van der Waals surface area contributed by atoms with Gasteiger partial charge in [0, 0.05) is 0 Å². The summed E-state index contributed by atoms with van der Waals surface area (Å²) in [5.41, 5.74) is 1.72. The predicted molar refractivity (Wildman–Crippen MR) is 81.0 cm³/mol. The largest absolute Gasteiger partial charge is 0.412 e. The minimum Gasteiger partial charge on any atom is -0.412 e. The Morgan fingerprint density at radius 3 is 1.89 bits per heavy atom. The second kappa shape index (κ2) is 7.78. The minimum absolute atomic E-state index is 0.541. The average molecular weight is 268 g/mol. The molecule has 1 N–H and O–H groups in total. The van der Waals surface area contributed by atoms with Gasteiger partial charge in [-0.15, -0.1) is 6.42 Å². The Bertz CT molecular complexity index is 278. The van der Waals surface area contributed by atoms with Gasteiger partial charge < -0.3 is 9.53 Å². The van der Waals surface area contributed by atoms with Crippen LogP contribution in [0.1, 0.15) is 41.5 Å². The minimum atomic E-state index is -1.79. The van der Waals surface area contributed by atoms with E-state index in [9.17, 15) is 5.11 Å². The topological polar surface area (TPSA) is 29.5 Å². The first kappa shape index (κ1) is 17.4. The summed E-state index contributed by atoms with van der Waals surface area (Å²) in [6.45, 7) is 14.1. The highest BCUT2D eigenvalue weighted by Gasteiger charge is 2.44. The molecule has 0 spiro atoms. The van der Waals surface area contributed by atoms with Gasteiger partial charge in [0.15, 0.2) is 0 Å². The molecule has 0 amide bonds. The van der Waals surface area contributed by atoms with Crippen LogP contribution in [0.15, 0.2) is 12.2 Å². The molecule has 0 rings (SSSR count). The third-order valence-corrected chi connectivity index (χ3v) is 9.71. The van der Waals surface area contributed by atoms with Gasteiger partial charge in [-0.3, -0.25) is 0 Å². The summed E-state index contributed by atoms with van der Waals surface area (Å²) in [6.07, 6.45) is 7.74. The molecule has 18 heavy (non-hydrogen) atoms. The van der Waals surface area contributed by atoms with Gasteiger partial charge in [0.2, 0.25) is 8.32 Å². The number of rotatable bonds is 7. The van der Waals surface area contributed by atoms with Crippen molar-refractivity contribution in [3.8, 4) is 12.3 Å². The molecule has 0 saturated heterocycles. The lowest BCUT2D eigenvalue weighted by molar-refractivity contribution is 0.276. The van der Waals surface area contributed by atoms with Crippen molar-refractivity contribution in [3.05, 3.63) is 12.2 Å². The summed E-state index contributed by atoms with van der Waals surface area (Å²) in [6, 6.07) is 0. The SMILES string of the molecule is C#C[C@H](O)C=CCO[Si](C(C)C)(C(C)C)C(C)C. The zero-order valence-corrected chi connectivity index (χ0v) is 13.6. The third-order valence-electron chi connectivity index (χ3n) is 3.63. The summed E-state index contributed by atoms with van der Waals surface area (Å²) >= 11 is 0. The van der Waals surface area contributed by atoms with Crippen LogP contribution in [-0.4, -0.2) is 26.1 Å². The van der Waals surface area contributed by atoms with E-state index in [1.165, 1.54) is 0 Å². The predicted octanol–water partition coefficient (Wildman–Crippen LogP) is 3.73. The van der Waals surface area contributed by atoms with E-state index in [0.717, 1.165) is 0 Å². The summed E-state index contributed by atoms with van der Waals surface area (Å²) < 4.78 is 6.28. The van der Waals surface area contributed by atoms with E-state index in [1.807, 2.05) is 6.08 Å². The maximum atomic E-state index is 9.25. The highest BCUT2D eigenvalue weighted by Crippen LogP contribution is 2.42. The fourth-order valence-electron chi connectivity index (χ4n) is 2.93. The van der Waals surface area contributed by atoms with Crippen molar-refractivity contribution >= 4 is 8.32 Å². The van der Waals surface area contributed by atoms with Crippen LogP contribution < -0.4 is 0 Å². The third kappa shape index (κ3) is 4.27. The van der Waals surface area contributed by atoms with Crippen LogP contribution in [0.5, 0.6) is 0 Å². The lowest BCUT2D eigenvalue weighted by Gasteiger charge is -2.41. The molecular weight excluding hydrogens is 240 g/mol. The normalized spacial score (nSPS) is 14.7. The van der Waals surface area contributed by atoms with Gasteiger partial charge in [0.25, 0.3) is 0 Å². The molecule has 104 valence electrons. The summed E-state index contributed by atoms with van der Waals surface area (Å²) in [7, 11) is -1.79. The van der Waals surface area contributed by atoms with Crippen LogP contribution in [0.2, 0.25) is 16.6 Å². The molecule has 0 aliphatic heterocycles. The molecule has 0 saturated carbocycles. The first-order valence-electron chi connectivity index (χ1n) is 6.73. The molecule has 0 aliphatic rings. The molecular formula is C15H28O2Si. The zero-order valence-electron chi connectivity index (χ0n) is 12.6. The molecule has 3 heteroatoms. The Kier molecular flexibility index (Phi) is 7.54. The van der Waals surface area contributed by atoms with Crippen molar-refractivity contribution in [2.75, 3.05) is 6.61 Å². The lowest BCUT2D eigenvalue weighted by Crippen LogP contribution is -2.47. The van der Waals surface area contributed by atoms with E-state index < -0.39 is 14.4 Å². The van der Waals surface area contributed by atoms with Crippen LogP contribution in [0.4, 0.5) is 0 Å². The number of hydrogen-bond donors (Lipinski definition) is 1. The quantitative estimate of drug-likeness (QED) is 0.433. The van der Waals surface area contributed by atoms with Gasteiger partial charge in [-0.25, -0.2) is 0 Å². The zero-order chi connectivity index (χ0) is 14.3. The number of terminal acetylenes is 1. The van der Waals surface area contributed by atoms with Crippen LogP contribution in [0.25, 0.3) is 0 Å². The van der Waals surface area contributed by atoms with E-state index in [1.54, 1.807) is 6.08 Å². The average Bonchev–Trinajstić information content (AvgIpc) is 2.27. The molecule has 0 bridgehead atoms. The molecule has 0 unspecified atom stereocenters. The maximum Gasteiger partial charge on any atom is 0.200 e. The van der Waals surface area contributed by atoms with Gasteiger partial charge in [-0.05, 0) is 22.7 Å².